The summed E-state index contributed by atoms with van der Waals surface area (Å²) in [4.78, 5) is 11.2. The number of halogens is 1. The topological polar surface area (TPSA) is 55.8 Å². The number of hydrogen-bond donors (Lipinski definition) is 1. The number of hydrogen-bond acceptors (Lipinski definition) is 3. The monoisotopic (exact) mass is 506 g/mol. The molecule has 0 bridgehead atoms. The predicted octanol–water partition coefficient (Wildman–Crippen LogP) is 6.74. The molecule has 3 aromatic carbocycles. The van der Waals surface area contributed by atoms with E-state index in [1.807, 2.05) is 54.6 Å². The molecule has 0 amide bonds. The number of carbonyl (C=O) groups is 1. The lowest BCUT2D eigenvalue weighted by Gasteiger charge is -2.12. The van der Waals surface area contributed by atoms with Crippen LogP contribution in [0, 0.1) is 0 Å². The van der Waals surface area contributed by atoms with Crippen LogP contribution >= 0.6 is 15.9 Å². The van der Waals surface area contributed by atoms with Crippen molar-refractivity contribution in [2.24, 2.45) is 0 Å². The number of aliphatic carboxylic acids is 1. The molecule has 0 aliphatic carbocycles. The Morgan fingerprint density at radius 2 is 1.61 bits per heavy atom. The summed E-state index contributed by atoms with van der Waals surface area (Å²) in [7, 11) is 0. The summed E-state index contributed by atoms with van der Waals surface area (Å²) in [5.41, 5.74) is 4.23. The zero-order valence-corrected chi connectivity index (χ0v) is 20.1. The van der Waals surface area contributed by atoms with Crippen molar-refractivity contribution in [3.05, 3.63) is 106 Å². The Balaban J connectivity index is 1.54. The maximum atomic E-state index is 11.2. The first-order chi connectivity index (χ1) is 16.0. The van der Waals surface area contributed by atoms with E-state index in [0.29, 0.717) is 19.6 Å². The fourth-order valence-electron chi connectivity index (χ4n) is 3.27. The van der Waals surface area contributed by atoms with Crippen LogP contribution in [0.3, 0.4) is 0 Å². The summed E-state index contributed by atoms with van der Waals surface area (Å²) in [6, 6.07) is 23.9. The van der Waals surface area contributed by atoms with E-state index in [0.717, 1.165) is 32.5 Å². The molecule has 1 atom stereocenters. The predicted molar refractivity (Wildman–Crippen MR) is 137 cm³/mol. The van der Waals surface area contributed by atoms with Gasteiger partial charge in [0.25, 0.3) is 0 Å². The molecule has 5 heteroatoms. The minimum Gasteiger partial charge on any atom is -0.490 e. The Morgan fingerprint density at radius 3 is 2.27 bits per heavy atom. The Hall–Kier alpha value is -3.15. The molecule has 0 radical (unpaired) electrons. The number of ether oxygens (including phenoxy) is 2. The lowest BCUT2D eigenvalue weighted by molar-refractivity contribution is -0.149. The molecule has 33 heavy (non-hydrogen) atoms. The van der Waals surface area contributed by atoms with Gasteiger partial charge < -0.3 is 14.6 Å². The van der Waals surface area contributed by atoms with Gasteiger partial charge in [0.15, 0.2) is 6.10 Å². The molecule has 0 saturated heterocycles. The fraction of sp³-hybridized carbons (Fsp3) is 0.179. The molecule has 0 fully saturated rings. The van der Waals surface area contributed by atoms with E-state index in [-0.39, 0.29) is 0 Å². The van der Waals surface area contributed by atoms with E-state index < -0.39 is 12.1 Å². The molecule has 0 unspecified atom stereocenters. The van der Waals surface area contributed by atoms with Crippen molar-refractivity contribution >= 4 is 40.1 Å². The van der Waals surface area contributed by atoms with Gasteiger partial charge in [-0.1, -0.05) is 76.6 Å². The highest BCUT2D eigenvalue weighted by Gasteiger charge is 2.17. The summed E-state index contributed by atoms with van der Waals surface area (Å²) in [6.45, 7) is 2.59. The van der Waals surface area contributed by atoms with E-state index in [4.69, 9.17) is 9.47 Å². The third kappa shape index (κ3) is 8.37. The van der Waals surface area contributed by atoms with Crippen LogP contribution in [0.25, 0.3) is 18.2 Å². The van der Waals surface area contributed by atoms with Gasteiger partial charge in [0, 0.05) is 17.5 Å². The van der Waals surface area contributed by atoms with Crippen molar-refractivity contribution in [3.63, 3.8) is 0 Å². The number of benzene rings is 3. The minimum absolute atomic E-state index is 0.327. The fourth-order valence-corrected chi connectivity index (χ4v) is 3.80. The molecule has 0 aliphatic heterocycles. The second-order valence-corrected chi connectivity index (χ2v) is 8.32. The summed E-state index contributed by atoms with van der Waals surface area (Å²) in [5, 5.41) is 9.21. The van der Waals surface area contributed by atoms with Gasteiger partial charge in [-0.05, 0) is 65.6 Å². The maximum Gasteiger partial charge on any atom is 0.333 e. The molecule has 1 N–H and O–H groups in total. The maximum absolute atomic E-state index is 11.2. The van der Waals surface area contributed by atoms with Gasteiger partial charge in [0.2, 0.25) is 0 Å². The lowest BCUT2D eigenvalue weighted by atomic mass is 10.1. The molecule has 4 nitrogen and oxygen atoms in total. The van der Waals surface area contributed by atoms with Crippen LogP contribution in [0.5, 0.6) is 5.75 Å². The molecule has 0 heterocycles. The molecule has 0 spiro atoms. The van der Waals surface area contributed by atoms with Crippen LogP contribution < -0.4 is 4.74 Å². The van der Waals surface area contributed by atoms with Crippen LogP contribution in [0.1, 0.15) is 29.2 Å². The lowest BCUT2D eigenvalue weighted by Crippen LogP contribution is -2.26. The first kappa shape index (κ1) is 24.5. The van der Waals surface area contributed by atoms with Crippen LogP contribution in [0.15, 0.2) is 83.3 Å². The van der Waals surface area contributed by atoms with Gasteiger partial charge >= 0.3 is 5.97 Å². The molecule has 0 aliphatic rings. The Labute approximate surface area is 203 Å². The number of carboxylic acids is 1. The normalized spacial score (nSPS) is 12.3. The Bertz CT molecular complexity index is 1090. The van der Waals surface area contributed by atoms with Crippen molar-refractivity contribution in [1.82, 2.24) is 0 Å². The minimum atomic E-state index is -0.950. The SMILES string of the molecule is CCO[C@@H](Cc1ccc(OC/C=C/c2cc(Br)cc(/C=C/c3ccccc3)c2)cc1)C(=O)O. The average molecular weight is 507 g/mol. The molecule has 0 aromatic heterocycles. The molecule has 170 valence electrons. The molecule has 3 aromatic rings. The van der Waals surface area contributed by atoms with E-state index in [1.165, 1.54) is 0 Å². The second kappa shape index (κ2) is 12.8. The van der Waals surface area contributed by atoms with Crippen LogP contribution in [0.2, 0.25) is 0 Å². The second-order valence-electron chi connectivity index (χ2n) is 7.41. The molecule has 0 saturated carbocycles. The quantitative estimate of drug-likeness (QED) is 0.292. The Kier molecular flexibility index (Phi) is 9.48. The zero-order chi connectivity index (χ0) is 23.5. The summed E-state index contributed by atoms with van der Waals surface area (Å²) in [6.07, 6.45) is 7.68. The highest BCUT2D eigenvalue weighted by molar-refractivity contribution is 9.10. The number of carboxylic acid groups (broad SMARTS) is 1. The summed E-state index contributed by atoms with van der Waals surface area (Å²) < 4.78 is 12.1. The highest BCUT2D eigenvalue weighted by atomic mass is 79.9. The largest absolute Gasteiger partial charge is 0.490 e. The van der Waals surface area contributed by atoms with E-state index in [9.17, 15) is 9.90 Å². The molecular weight excluding hydrogens is 480 g/mol. The van der Waals surface area contributed by atoms with Gasteiger partial charge in [-0.3, -0.25) is 0 Å². The highest BCUT2D eigenvalue weighted by Crippen LogP contribution is 2.20. The zero-order valence-electron chi connectivity index (χ0n) is 18.5. The van der Waals surface area contributed by atoms with Crippen LogP contribution in [-0.2, 0) is 16.0 Å². The van der Waals surface area contributed by atoms with Crippen LogP contribution in [-0.4, -0.2) is 30.4 Å². The van der Waals surface area contributed by atoms with Gasteiger partial charge in [-0.25, -0.2) is 4.79 Å². The average Bonchev–Trinajstić information content (AvgIpc) is 2.81. The Morgan fingerprint density at radius 1 is 0.939 bits per heavy atom. The van der Waals surface area contributed by atoms with Crippen molar-refractivity contribution in [2.75, 3.05) is 13.2 Å². The van der Waals surface area contributed by atoms with Gasteiger partial charge in [0.05, 0.1) is 0 Å². The van der Waals surface area contributed by atoms with Gasteiger partial charge in [0.1, 0.15) is 12.4 Å². The van der Waals surface area contributed by atoms with Gasteiger partial charge in [-0.15, -0.1) is 0 Å². The first-order valence-electron chi connectivity index (χ1n) is 10.8. The van der Waals surface area contributed by atoms with E-state index in [1.54, 1.807) is 6.92 Å². The van der Waals surface area contributed by atoms with Gasteiger partial charge in [-0.2, -0.15) is 0 Å². The summed E-state index contributed by atoms with van der Waals surface area (Å²) in [5.74, 6) is -0.221. The van der Waals surface area contributed by atoms with E-state index in [2.05, 4.69) is 58.4 Å². The van der Waals surface area contributed by atoms with Crippen LogP contribution in [0.4, 0.5) is 0 Å². The smallest absolute Gasteiger partial charge is 0.333 e. The van der Waals surface area contributed by atoms with E-state index >= 15 is 0 Å². The van der Waals surface area contributed by atoms with Crippen molar-refractivity contribution in [2.45, 2.75) is 19.4 Å². The standard InChI is InChI=1S/C28H27BrO4/c1-2-32-27(28(30)31)20-22-12-14-26(15-13-22)33-16-6-9-23-17-24(19-25(29)18-23)11-10-21-7-4-3-5-8-21/h3-15,17-19,27H,2,16,20H2,1H3,(H,30,31)/b9-6+,11-10+/t27-/m0/s1. The first-order valence-corrected chi connectivity index (χ1v) is 11.6. The number of rotatable bonds is 11. The molecule has 3 rings (SSSR count). The summed E-state index contributed by atoms with van der Waals surface area (Å²) >= 11 is 3.58. The third-order valence-corrected chi connectivity index (χ3v) is 5.31. The third-order valence-electron chi connectivity index (χ3n) is 4.85. The van der Waals surface area contributed by atoms with Crippen molar-refractivity contribution in [1.29, 1.82) is 0 Å². The molecular formula is C28H27BrO4. The van der Waals surface area contributed by atoms with Crippen molar-refractivity contribution in [3.8, 4) is 5.75 Å². The van der Waals surface area contributed by atoms with Crippen molar-refractivity contribution < 1.29 is 19.4 Å².